The van der Waals surface area contributed by atoms with E-state index >= 15 is 0 Å². The molecule has 0 aliphatic rings. The minimum Gasteiger partial charge on any atom is -0.495 e. The van der Waals surface area contributed by atoms with E-state index in [0.717, 1.165) is 5.56 Å². The molecule has 30 heavy (non-hydrogen) atoms. The zero-order valence-electron chi connectivity index (χ0n) is 16.3. The van der Waals surface area contributed by atoms with Gasteiger partial charge in [-0.15, -0.1) is 10.2 Å². The van der Waals surface area contributed by atoms with Crippen molar-refractivity contribution < 1.29 is 18.4 Å². The molecule has 0 radical (unpaired) electrons. The van der Waals surface area contributed by atoms with Gasteiger partial charge in [0.1, 0.15) is 11.4 Å². The zero-order chi connectivity index (χ0) is 20.9. The molecule has 1 N–H and O–H groups in total. The van der Waals surface area contributed by atoms with Crippen LogP contribution in [-0.4, -0.2) is 34.0 Å². The molecule has 8 nitrogen and oxygen atoms in total. The number of methoxy groups -OCH3 is 1. The Kier molecular flexibility index (Phi) is 5.80. The number of rotatable bonds is 7. The fourth-order valence-corrected chi connectivity index (χ4v) is 3.36. The summed E-state index contributed by atoms with van der Waals surface area (Å²) in [6.45, 7) is 1.94. The summed E-state index contributed by atoms with van der Waals surface area (Å²) in [6.07, 6.45) is 3.11. The van der Waals surface area contributed by atoms with Gasteiger partial charge in [0.2, 0.25) is 11.1 Å². The maximum absolute atomic E-state index is 12.4. The first kappa shape index (κ1) is 19.7. The summed E-state index contributed by atoms with van der Waals surface area (Å²) >= 11 is 1.17. The lowest BCUT2D eigenvalue weighted by Gasteiger charge is -2.11. The summed E-state index contributed by atoms with van der Waals surface area (Å²) in [7, 11) is 1.56. The summed E-state index contributed by atoms with van der Waals surface area (Å²) < 4.78 is 16.2. The van der Waals surface area contributed by atoms with E-state index in [0.29, 0.717) is 39.5 Å². The second-order valence-corrected chi connectivity index (χ2v) is 7.23. The molecule has 1 aromatic carbocycles. The molecule has 0 saturated carbocycles. The number of benzene rings is 1. The zero-order valence-corrected chi connectivity index (χ0v) is 17.1. The molecule has 4 rings (SSSR count). The van der Waals surface area contributed by atoms with E-state index in [1.54, 1.807) is 43.9 Å². The summed E-state index contributed by atoms with van der Waals surface area (Å²) in [5, 5.41) is 11.6. The van der Waals surface area contributed by atoms with Crippen molar-refractivity contribution in [2.75, 3.05) is 18.2 Å². The van der Waals surface area contributed by atoms with Crippen molar-refractivity contribution in [3.05, 3.63) is 60.6 Å². The number of ether oxygens (including phenoxy) is 1. The van der Waals surface area contributed by atoms with Crippen molar-refractivity contribution in [3.63, 3.8) is 0 Å². The highest BCUT2D eigenvalue weighted by Gasteiger charge is 2.18. The molecule has 0 spiro atoms. The Labute approximate surface area is 176 Å². The Morgan fingerprint density at radius 2 is 1.80 bits per heavy atom. The summed E-state index contributed by atoms with van der Waals surface area (Å²) in [6, 6.07) is 12.7. The third-order valence-electron chi connectivity index (χ3n) is 4.14. The number of nitrogens with one attached hydrogen (secondary N) is 1. The monoisotopic (exact) mass is 422 g/mol. The number of carbonyl (C=O) groups is 1. The van der Waals surface area contributed by atoms with Gasteiger partial charge < -0.3 is 18.9 Å². The highest BCUT2D eigenvalue weighted by atomic mass is 32.2. The van der Waals surface area contributed by atoms with Crippen LogP contribution in [0.3, 0.4) is 0 Å². The fraction of sp³-hybridized carbons (Fsp3) is 0.143. The van der Waals surface area contributed by atoms with Crippen molar-refractivity contribution in [1.29, 1.82) is 0 Å². The van der Waals surface area contributed by atoms with Crippen LogP contribution < -0.4 is 10.1 Å². The van der Waals surface area contributed by atoms with Crippen LogP contribution in [-0.2, 0) is 4.79 Å². The van der Waals surface area contributed by atoms with E-state index in [4.69, 9.17) is 13.6 Å². The van der Waals surface area contributed by atoms with Gasteiger partial charge in [-0.3, -0.25) is 4.79 Å². The first-order valence-corrected chi connectivity index (χ1v) is 10.0. The van der Waals surface area contributed by atoms with Gasteiger partial charge in [0, 0.05) is 0 Å². The van der Waals surface area contributed by atoms with Crippen LogP contribution in [0, 0.1) is 6.92 Å². The van der Waals surface area contributed by atoms with E-state index in [1.807, 2.05) is 25.1 Å². The number of hydrogen-bond acceptors (Lipinski definition) is 8. The van der Waals surface area contributed by atoms with Gasteiger partial charge in [-0.05, 0) is 48.9 Å². The van der Waals surface area contributed by atoms with Crippen molar-refractivity contribution in [2.45, 2.75) is 12.1 Å². The Morgan fingerprint density at radius 3 is 2.47 bits per heavy atom. The number of carbonyl (C=O) groups excluding carboxylic acids is 1. The average Bonchev–Trinajstić information content (AvgIpc) is 3.46. The largest absolute Gasteiger partial charge is 0.495 e. The molecule has 9 heteroatoms. The number of aromatic nitrogens is 3. The van der Waals surface area contributed by atoms with E-state index in [2.05, 4.69) is 20.5 Å². The van der Waals surface area contributed by atoms with Crippen molar-refractivity contribution in [2.24, 2.45) is 0 Å². The van der Waals surface area contributed by atoms with Crippen LogP contribution >= 0.6 is 11.8 Å². The molecule has 1 amide bonds. The van der Waals surface area contributed by atoms with Crippen molar-refractivity contribution >= 4 is 23.4 Å². The van der Waals surface area contributed by atoms with Gasteiger partial charge in [0.25, 0.3) is 0 Å². The van der Waals surface area contributed by atoms with E-state index < -0.39 is 0 Å². The van der Waals surface area contributed by atoms with E-state index in [-0.39, 0.29) is 11.7 Å². The topological polar surface area (TPSA) is 103 Å². The van der Waals surface area contributed by atoms with Crippen molar-refractivity contribution in [3.8, 4) is 28.7 Å². The molecular weight excluding hydrogens is 404 g/mol. The Hall–Kier alpha value is -3.59. The molecule has 0 fully saturated rings. The van der Waals surface area contributed by atoms with Gasteiger partial charge in [0.05, 0.1) is 31.1 Å². The van der Waals surface area contributed by atoms with Crippen LogP contribution in [0.5, 0.6) is 5.75 Å². The smallest absolute Gasteiger partial charge is 0.234 e. The molecule has 0 aliphatic heterocycles. The molecule has 0 unspecified atom stereocenters. The SMILES string of the molecule is COc1ccc(C)cc1NC(=O)CSc1nnc(-c2ccco2)c(-c2ccco2)n1. The number of nitrogens with zero attached hydrogens (tertiary/aromatic N) is 3. The van der Waals surface area contributed by atoms with Crippen molar-refractivity contribution in [1.82, 2.24) is 15.2 Å². The summed E-state index contributed by atoms with van der Waals surface area (Å²) in [5.74, 6) is 1.56. The van der Waals surface area contributed by atoms with Gasteiger partial charge in [-0.2, -0.15) is 0 Å². The Balaban J connectivity index is 1.51. The lowest BCUT2D eigenvalue weighted by Crippen LogP contribution is -2.15. The molecule has 4 aromatic rings. The van der Waals surface area contributed by atoms with Crippen LogP contribution in [0.4, 0.5) is 5.69 Å². The molecular formula is C21H18N4O4S. The van der Waals surface area contributed by atoms with Gasteiger partial charge >= 0.3 is 0 Å². The van der Waals surface area contributed by atoms with E-state index in [1.165, 1.54) is 11.8 Å². The summed E-state index contributed by atoms with van der Waals surface area (Å²) in [4.78, 5) is 17.0. The highest BCUT2D eigenvalue weighted by molar-refractivity contribution is 7.99. The molecule has 3 aromatic heterocycles. The lowest BCUT2D eigenvalue weighted by molar-refractivity contribution is -0.113. The lowest BCUT2D eigenvalue weighted by atomic mass is 10.2. The maximum Gasteiger partial charge on any atom is 0.234 e. The molecule has 0 atom stereocenters. The minimum absolute atomic E-state index is 0.108. The first-order chi connectivity index (χ1) is 14.6. The second kappa shape index (κ2) is 8.83. The highest BCUT2D eigenvalue weighted by Crippen LogP contribution is 2.30. The standard InChI is InChI=1S/C21H18N4O4S/c1-13-7-8-15(27-2)14(11-13)22-18(26)12-30-21-23-19(16-5-3-9-28-16)20(24-25-21)17-6-4-10-29-17/h3-11H,12H2,1-2H3,(H,22,26). The van der Waals surface area contributed by atoms with Gasteiger partial charge in [-0.25, -0.2) is 4.98 Å². The summed E-state index contributed by atoms with van der Waals surface area (Å²) in [5.41, 5.74) is 2.59. The quantitative estimate of drug-likeness (QED) is 0.436. The molecule has 0 saturated heterocycles. The van der Waals surface area contributed by atoms with Crippen LogP contribution in [0.1, 0.15) is 5.56 Å². The Bertz CT molecular complexity index is 1140. The molecule has 0 bridgehead atoms. The molecule has 3 heterocycles. The number of anilines is 1. The van der Waals surface area contributed by atoms with Gasteiger partial charge in [-0.1, -0.05) is 17.8 Å². The van der Waals surface area contributed by atoms with Crippen LogP contribution in [0.25, 0.3) is 22.9 Å². The third-order valence-corrected chi connectivity index (χ3v) is 4.98. The third kappa shape index (κ3) is 4.36. The number of hydrogen-bond donors (Lipinski definition) is 1. The fourth-order valence-electron chi connectivity index (χ4n) is 2.77. The maximum atomic E-state index is 12.4. The predicted octanol–water partition coefficient (Wildman–Crippen LogP) is 4.44. The number of furan rings is 2. The average molecular weight is 422 g/mol. The number of thioether (sulfide) groups is 1. The second-order valence-electron chi connectivity index (χ2n) is 6.29. The minimum atomic E-state index is -0.206. The van der Waals surface area contributed by atoms with E-state index in [9.17, 15) is 4.79 Å². The number of amides is 1. The first-order valence-electron chi connectivity index (χ1n) is 9.04. The number of aryl methyl sites for hydroxylation is 1. The van der Waals surface area contributed by atoms with Crippen LogP contribution in [0.15, 0.2) is 69.0 Å². The predicted molar refractivity (Wildman–Crippen MR) is 112 cm³/mol. The molecule has 0 aliphatic carbocycles. The Morgan fingerprint density at radius 1 is 1.07 bits per heavy atom. The molecule has 152 valence electrons. The van der Waals surface area contributed by atoms with Crippen LogP contribution in [0.2, 0.25) is 0 Å². The normalized spacial score (nSPS) is 10.7. The van der Waals surface area contributed by atoms with Gasteiger partial charge in [0.15, 0.2) is 17.2 Å².